The molecule has 2 aromatic heterocycles. The quantitative estimate of drug-likeness (QED) is 0.505. The number of hydrogen-bond donors (Lipinski definition) is 1. The van der Waals surface area contributed by atoms with Gasteiger partial charge in [-0.05, 0) is 48.7 Å². The van der Waals surface area contributed by atoms with Crippen molar-refractivity contribution >= 4 is 43.9 Å². The number of halogens is 1. The van der Waals surface area contributed by atoms with Crippen molar-refractivity contribution in [3.05, 3.63) is 66.1 Å². The van der Waals surface area contributed by atoms with Crippen molar-refractivity contribution < 1.29 is 8.42 Å². The molecule has 2 bridgehead atoms. The highest BCUT2D eigenvalue weighted by Crippen LogP contribution is 2.42. The first-order chi connectivity index (χ1) is 14.0. The molecular weight excluding hydrogens is 418 g/mol. The molecule has 1 fully saturated rings. The molecule has 0 saturated carbocycles. The molecule has 0 aliphatic carbocycles. The molecule has 30 heavy (non-hydrogen) atoms. The number of aromatic nitrogens is 2. The molecule has 4 aromatic rings. The molecule has 0 radical (unpaired) electrons. The third kappa shape index (κ3) is 2.64. The van der Waals surface area contributed by atoms with E-state index in [0.717, 1.165) is 29.1 Å². The average Bonchev–Trinajstić information content (AvgIpc) is 3.26. The zero-order valence-corrected chi connectivity index (χ0v) is 18.1. The molecule has 2 aliphatic rings. The summed E-state index contributed by atoms with van der Waals surface area (Å²) < 4.78 is 29.4. The van der Waals surface area contributed by atoms with Crippen LogP contribution in [0.15, 0.2) is 64.6 Å². The van der Waals surface area contributed by atoms with Crippen LogP contribution in [0.25, 0.3) is 21.7 Å². The van der Waals surface area contributed by atoms with E-state index in [2.05, 4.69) is 21.9 Å². The van der Waals surface area contributed by atoms with Crippen LogP contribution < -0.4 is 5.32 Å². The SMILES string of the molecule is Cl.Cn1c2c(c3cc(S(=O)(=O)c4cccc5cnccc45)ccc31)C1CCC(C2)N1. The summed E-state index contributed by atoms with van der Waals surface area (Å²) in [5, 5.41) is 6.29. The highest BCUT2D eigenvalue weighted by molar-refractivity contribution is 7.91. The summed E-state index contributed by atoms with van der Waals surface area (Å²) in [4.78, 5) is 4.80. The van der Waals surface area contributed by atoms with Crippen molar-refractivity contribution in [3.8, 4) is 0 Å². The Morgan fingerprint density at radius 1 is 1.10 bits per heavy atom. The van der Waals surface area contributed by atoms with Crippen molar-refractivity contribution in [2.24, 2.45) is 7.05 Å². The smallest absolute Gasteiger partial charge is 0.207 e. The van der Waals surface area contributed by atoms with Gasteiger partial charge in [0.2, 0.25) is 9.84 Å². The minimum Gasteiger partial charge on any atom is -0.347 e. The number of pyridine rings is 1. The molecule has 0 amide bonds. The number of benzene rings is 2. The molecular formula is C23H22ClN3O2S. The number of hydrogen-bond acceptors (Lipinski definition) is 4. The van der Waals surface area contributed by atoms with Gasteiger partial charge in [0.05, 0.1) is 9.79 Å². The normalized spacial score (nSPS) is 20.3. The molecule has 7 heteroatoms. The van der Waals surface area contributed by atoms with Crippen LogP contribution in [0.5, 0.6) is 0 Å². The van der Waals surface area contributed by atoms with Crippen LogP contribution in [-0.4, -0.2) is 24.0 Å². The number of rotatable bonds is 2. The van der Waals surface area contributed by atoms with E-state index >= 15 is 0 Å². The molecule has 1 saturated heterocycles. The van der Waals surface area contributed by atoms with Gasteiger partial charge < -0.3 is 9.88 Å². The second-order valence-electron chi connectivity index (χ2n) is 8.15. The topological polar surface area (TPSA) is 64.0 Å². The van der Waals surface area contributed by atoms with Gasteiger partial charge in [-0.25, -0.2) is 8.42 Å². The standard InChI is InChI=1S/C23H21N3O2S.ClH/c1-26-20-8-6-16(12-18(20)23-19-7-5-15(25-19)11-21(23)26)29(27,28)22-4-2-3-14-13-24-10-9-17(14)22;/h2-4,6,8-10,12-13,15,19,25H,5,7,11H2,1H3;1H. The van der Waals surface area contributed by atoms with Crippen LogP contribution in [-0.2, 0) is 23.3 Å². The van der Waals surface area contributed by atoms with Crippen molar-refractivity contribution in [1.29, 1.82) is 0 Å². The lowest BCUT2D eigenvalue weighted by molar-refractivity contribution is 0.503. The highest BCUT2D eigenvalue weighted by Gasteiger charge is 2.36. The third-order valence-corrected chi connectivity index (χ3v) is 8.41. The fourth-order valence-electron chi connectivity index (χ4n) is 5.20. The van der Waals surface area contributed by atoms with Crippen LogP contribution in [0.1, 0.15) is 30.1 Å². The van der Waals surface area contributed by atoms with E-state index in [1.807, 2.05) is 18.2 Å². The van der Waals surface area contributed by atoms with E-state index in [1.165, 1.54) is 17.7 Å². The molecule has 2 aromatic carbocycles. The van der Waals surface area contributed by atoms with E-state index in [9.17, 15) is 8.42 Å². The highest BCUT2D eigenvalue weighted by atomic mass is 35.5. The van der Waals surface area contributed by atoms with E-state index in [-0.39, 0.29) is 12.4 Å². The second-order valence-corrected chi connectivity index (χ2v) is 10.1. The maximum absolute atomic E-state index is 13.6. The Morgan fingerprint density at radius 3 is 2.83 bits per heavy atom. The van der Waals surface area contributed by atoms with Crippen molar-refractivity contribution in [3.63, 3.8) is 0 Å². The minimum atomic E-state index is -3.65. The summed E-state index contributed by atoms with van der Waals surface area (Å²) in [7, 11) is -1.55. The van der Waals surface area contributed by atoms with Gasteiger partial charge in [0.1, 0.15) is 0 Å². The summed E-state index contributed by atoms with van der Waals surface area (Å²) in [5.74, 6) is 0. The summed E-state index contributed by atoms with van der Waals surface area (Å²) in [6.45, 7) is 0. The maximum Gasteiger partial charge on any atom is 0.207 e. The maximum atomic E-state index is 13.6. The largest absolute Gasteiger partial charge is 0.347 e. The van der Waals surface area contributed by atoms with Gasteiger partial charge in [-0.3, -0.25) is 4.98 Å². The summed E-state index contributed by atoms with van der Waals surface area (Å²) in [6.07, 6.45) is 6.65. The molecule has 4 heterocycles. The van der Waals surface area contributed by atoms with Gasteiger partial charge in [0, 0.05) is 65.3 Å². The van der Waals surface area contributed by atoms with E-state index in [1.54, 1.807) is 36.7 Å². The van der Waals surface area contributed by atoms with Crippen molar-refractivity contribution in [2.75, 3.05) is 0 Å². The van der Waals surface area contributed by atoms with Gasteiger partial charge in [-0.15, -0.1) is 12.4 Å². The lowest BCUT2D eigenvalue weighted by Crippen LogP contribution is -2.32. The number of aryl methyl sites for hydroxylation is 1. The van der Waals surface area contributed by atoms with E-state index < -0.39 is 9.84 Å². The first-order valence-electron chi connectivity index (χ1n) is 9.99. The Labute approximate surface area is 181 Å². The first kappa shape index (κ1) is 19.5. The van der Waals surface area contributed by atoms with Crippen molar-refractivity contribution in [1.82, 2.24) is 14.9 Å². The molecule has 2 aliphatic heterocycles. The zero-order chi connectivity index (χ0) is 19.8. The molecule has 6 rings (SSSR count). The Morgan fingerprint density at radius 2 is 1.97 bits per heavy atom. The Bertz CT molecular complexity index is 1410. The number of fused-ring (bicyclic) bond motifs is 7. The number of sulfone groups is 1. The van der Waals surface area contributed by atoms with Crippen LogP contribution >= 0.6 is 12.4 Å². The lowest BCUT2D eigenvalue weighted by Gasteiger charge is -2.23. The lowest BCUT2D eigenvalue weighted by atomic mass is 9.99. The Kier molecular flexibility index (Phi) is 4.43. The molecule has 1 N–H and O–H groups in total. The fourth-order valence-corrected chi connectivity index (χ4v) is 6.71. The van der Waals surface area contributed by atoms with Crippen LogP contribution in [0, 0.1) is 0 Å². The van der Waals surface area contributed by atoms with Crippen molar-refractivity contribution in [2.45, 2.75) is 41.1 Å². The first-order valence-corrected chi connectivity index (χ1v) is 11.5. The summed E-state index contributed by atoms with van der Waals surface area (Å²) in [6, 6.07) is 13.6. The van der Waals surface area contributed by atoms with Gasteiger partial charge in [-0.1, -0.05) is 12.1 Å². The predicted octanol–water partition coefficient (Wildman–Crippen LogP) is 4.33. The number of nitrogens with one attached hydrogen (secondary N) is 1. The fraction of sp³-hybridized carbons (Fsp3) is 0.261. The second kappa shape index (κ2) is 6.80. The van der Waals surface area contributed by atoms with E-state index in [0.29, 0.717) is 27.3 Å². The minimum absolute atomic E-state index is 0. The Balaban J connectivity index is 0.00000193. The van der Waals surface area contributed by atoms with Gasteiger partial charge in [-0.2, -0.15) is 0 Å². The molecule has 2 atom stereocenters. The summed E-state index contributed by atoms with van der Waals surface area (Å²) in [5.41, 5.74) is 3.73. The predicted molar refractivity (Wildman–Crippen MR) is 120 cm³/mol. The number of nitrogens with zero attached hydrogens (tertiary/aromatic N) is 2. The van der Waals surface area contributed by atoms with Gasteiger partial charge in [0.25, 0.3) is 0 Å². The monoisotopic (exact) mass is 439 g/mol. The van der Waals surface area contributed by atoms with Gasteiger partial charge >= 0.3 is 0 Å². The van der Waals surface area contributed by atoms with Crippen LogP contribution in [0.2, 0.25) is 0 Å². The summed E-state index contributed by atoms with van der Waals surface area (Å²) >= 11 is 0. The molecule has 154 valence electrons. The van der Waals surface area contributed by atoms with Gasteiger partial charge in [0.15, 0.2) is 0 Å². The molecule has 2 unspecified atom stereocenters. The molecule has 5 nitrogen and oxygen atoms in total. The van der Waals surface area contributed by atoms with E-state index in [4.69, 9.17) is 0 Å². The average molecular weight is 440 g/mol. The third-order valence-electron chi connectivity index (χ3n) is 6.60. The molecule has 0 spiro atoms. The van der Waals surface area contributed by atoms with Crippen LogP contribution in [0.3, 0.4) is 0 Å². The zero-order valence-electron chi connectivity index (χ0n) is 16.5. The van der Waals surface area contributed by atoms with Crippen LogP contribution in [0.4, 0.5) is 0 Å². The Hall–Kier alpha value is -2.41.